The first kappa shape index (κ1) is 128. The van der Waals surface area contributed by atoms with E-state index in [4.69, 9.17) is 48.1 Å². The Labute approximate surface area is 864 Å². The molecule has 0 fully saturated rings. The highest BCUT2D eigenvalue weighted by Gasteiger charge is 2.40. The summed E-state index contributed by atoms with van der Waals surface area (Å²) in [7, 11) is 6.76. The molecule has 6 aromatic rings. The van der Waals surface area contributed by atoms with E-state index in [1.165, 1.54) is 358 Å². The Bertz CT molecular complexity index is 3410. The summed E-state index contributed by atoms with van der Waals surface area (Å²) in [6.07, 6.45) is 74.7. The van der Waals surface area contributed by atoms with Crippen LogP contribution in [0.3, 0.4) is 0 Å². The van der Waals surface area contributed by atoms with Crippen molar-refractivity contribution >= 4 is 47.0 Å². The summed E-state index contributed by atoms with van der Waals surface area (Å²) in [4.78, 5) is 0. The molecule has 788 valence electrons. The molecule has 16 heteroatoms. The van der Waals surface area contributed by atoms with Gasteiger partial charge in [0.1, 0.15) is 34.2 Å². The minimum Gasteiger partial charge on any atom is -0.497 e. The number of ether oxygens (including phenoxy) is 8. The van der Waals surface area contributed by atoms with Crippen LogP contribution in [0.1, 0.15) is 434 Å². The van der Waals surface area contributed by atoms with Crippen LogP contribution < -0.4 is 18.9 Å². The van der Waals surface area contributed by atoms with E-state index in [1.54, 1.807) is 40.2 Å². The summed E-state index contributed by atoms with van der Waals surface area (Å²) in [5.41, 5.74) is 4.41. The van der Waals surface area contributed by atoms with Gasteiger partial charge in [-0.25, -0.2) is 0 Å². The normalized spacial score (nSPS) is 12.4. The highest BCUT2D eigenvalue weighted by Crippen LogP contribution is 2.44. The predicted octanol–water partition coefficient (Wildman–Crippen LogP) is 34.4. The number of unbranched alkanes of at least 4 members (excludes halogenated alkanes) is 50. The lowest BCUT2D eigenvalue weighted by Gasteiger charge is -2.37. The molecule has 0 bridgehead atoms. The number of rotatable bonds is 90. The van der Waals surface area contributed by atoms with Gasteiger partial charge >= 0.3 is 0 Å². The Balaban J connectivity index is 0.000000504. The van der Waals surface area contributed by atoms with Crippen LogP contribution in [0, 0.1) is 0 Å². The topological polar surface area (TPSA) is 155 Å². The molecule has 0 heterocycles. The number of benzene rings is 6. The third-order valence-corrected chi connectivity index (χ3v) is 31.0. The van der Waals surface area contributed by atoms with E-state index in [1.807, 2.05) is 126 Å². The van der Waals surface area contributed by atoms with Crippen molar-refractivity contribution in [2.75, 3.05) is 114 Å². The Hall–Kier alpha value is -4.40. The van der Waals surface area contributed by atoms with Crippen molar-refractivity contribution < 1.29 is 58.3 Å². The average Bonchev–Trinajstić information content (AvgIpc) is 0.758. The van der Waals surface area contributed by atoms with Crippen molar-refractivity contribution in [3.63, 3.8) is 0 Å². The van der Waals surface area contributed by atoms with Crippen LogP contribution in [-0.4, -0.2) is 159 Å². The van der Waals surface area contributed by atoms with Gasteiger partial charge in [0.2, 0.25) is 0 Å². The fourth-order valence-electron chi connectivity index (χ4n) is 17.6. The molecule has 0 saturated heterocycles. The Morgan fingerprint density at radius 1 is 0.225 bits per heavy atom. The maximum absolute atomic E-state index is 11.0. The average molecular weight is 1990 g/mol. The Morgan fingerprint density at radius 3 is 0.681 bits per heavy atom. The zero-order chi connectivity index (χ0) is 99.5. The molecule has 4 N–H and O–H groups in total. The molecule has 0 aliphatic rings. The SMILES string of the molecule is CCCCCCCCCCCCSC[C@@H](O)CO.CCCCCCCCCCCCSC[C@@H](O)COC(c1ccccc1)(c1ccc(OC)cc1)c1ccc(OC)cc1.CCCCCCCCCCCCSC[C@H](CO)OCCCCCCCCCC.CCCCCCCCCCCCSC[C@H](COC(c1ccccc1)(c1ccc(OC)cc1)c1ccc(OC)cc1)OCCCCCCCCCC. The molecule has 12 nitrogen and oxygen atoms in total. The van der Waals surface area contributed by atoms with Crippen molar-refractivity contribution in [2.24, 2.45) is 0 Å². The second-order valence-corrected chi connectivity index (χ2v) is 42.9. The van der Waals surface area contributed by atoms with Crippen LogP contribution in [0.4, 0.5) is 0 Å². The molecule has 4 atom stereocenters. The number of aliphatic hydroxyl groups excluding tert-OH is 4. The van der Waals surface area contributed by atoms with Gasteiger partial charge in [-0.3, -0.25) is 0 Å². The second kappa shape index (κ2) is 92.5. The van der Waals surface area contributed by atoms with Gasteiger partial charge in [0.05, 0.1) is 79.3 Å². The third kappa shape index (κ3) is 62.4. The minimum absolute atomic E-state index is 0.00209. The summed E-state index contributed by atoms with van der Waals surface area (Å²) in [6, 6.07) is 53.5. The smallest absolute Gasteiger partial charge is 0.143 e. The maximum atomic E-state index is 11.0. The highest BCUT2D eigenvalue weighted by atomic mass is 32.2. The lowest BCUT2D eigenvalue weighted by molar-refractivity contribution is -0.0571. The van der Waals surface area contributed by atoms with Crippen molar-refractivity contribution in [1.29, 1.82) is 0 Å². The molecule has 0 aromatic heterocycles. The van der Waals surface area contributed by atoms with Crippen LogP contribution in [0.25, 0.3) is 0 Å². The quantitative estimate of drug-likeness (QED) is 0.0211. The standard InChI is InChI=1S/C46H70O4S.C36H50O4S.C25H52O2S.C15H32O2S/c1-5-7-9-11-13-15-16-18-20-25-37-51-39-45(49-36-24-19-17-14-12-10-8-6-2)38-50-46(40-26-22-21-23-27-40,41-28-32-43(47-3)33-29-41)42-30-34-44(48-4)35-31-42;1-4-5-6-7-8-9-10-11-12-16-27-41-29-33(37)28-40-36(30-17-14-13-15-18-30,31-19-23-34(38-2)24-20-31)32-21-25-35(39-3)26-22-32;1-3-5-7-9-11-13-14-16-18-20-22-28-24-25(23-26)27-21-19-17-15-12-10-8-6-4-2;1-2-3-4-5-6-7-8-9-10-11-12-18-14-15(17)13-16/h21-23,26-35,45H,5-20,24-25,36-39H2,1-4H3;13-15,17-26,33,37H,4-12,16,27-29H2,1-3H3;25-26H,3-24H2,1-2H3;15-17H,2-14H2,1H3/t45-;33-;25-;15-/m0000/s1. The van der Waals surface area contributed by atoms with Gasteiger partial charge < -0.3 is 58.3 Å². The fraction of sp³-hybridized carbons (Fsp3) is 0.705. The molecule has 0 radical (unpaired) electrons. The number of hydrogen-bond donors (Lipinski definition) is 4. The summed E-state index contributed by atoms with van der Waals surface area (Å²) in [6.45, 7) is 16.0. The first-order chi connectivity index (χ1) is 68.0. The van der Waals surface area contributed by atoms with E-state index in [0.717, 1.165) is 105 Å². The monoisotopic (exact) mass is 1990 g/mol. The van der Waals surface area contributed by atoms with Gasteiger partial charge in [0.15, 0.2) is 0 Å². The minimum atomic E-state index is -0.901. The van der Waals surface area contributed by atoms with E-state index in [0.29, 0.717) is 18.1 Å². The van der Waals surface area contributed by atoms with Crippen LogP contribution in [-0.2, 0) is 30.1 Å². The largest absolute Gasteiger partial charge is 0.497 e. The summed E-state index contributed by atoms with van der Waals surface area (Å²) < 4.78 is 48.6. The van der Waals surface area contributed by atoms with E-state index < -0.39 is 23.4 Å². The molecule has 0 aliphatic heterocycles. The van der Waals surface area contributed by atoms with E-state index in [2.05, 4.69) is 108 Å². The summed E-state index contributed by atoms with van der Waals surface area (Å²) in [5, 5.41) is 38.3. The molecule has 0 spiro atoms. The highest BCUT2D eigenvalue weighted by molar-refractivity contribution is 7.99. The van der Waals surface area contributed by atoms with Crippen LogP contribution in [0.5, 0.6) is 23.0 Å². The molecule has 0 aliphatic carbocycles. The van der Waals surface area contributed by atoms with Gasteiger partial charge in [-0.1, -0.05) is 472 Å². The van der Waals surface area contributed by atoms with Gasteiger partial charge in [0.25, 0.3) is 0 Å². The molecule has 0 unspecified atom stereocenters. The van der Waals surface area contributed by atoms with Crippen molar-refractivity contribution in [1.82, 2.24) is 0 Å². The zero-order valence-corrected chi connectivity index (χ0v) is 92.8. The fourth-order valence-corrected chi connectivity index (χ4v) is 21.6. The molecular formula is C122H204O12S4. The predicted molar refractivity (Wildman–Crippen MR) is 604 cm³/mol. The first-order valence-electron chi connectivity index (χ1n) is 56.1. The number of aliphatic hydroxyl groups is 4. The van der Waals surface area contributed by atoms with Gasteiger partial charge in [-0.05, 0) is 143 Å². The Kier molecular flexibility index (Phi) is 85.6. The van der Waals surface area contributed by atoms with Gasteiger partial charge in [-0.2, -0.15) is 47.0 Å². The van der Waals surface area contributed by atoms with Crippen molar-refractivity contribution in [3.8, 4) is 23.0 Å². The van der Waals surface area contributed by atoms with Gasteiger partial charge in [-0.15, -0.1) is 0 Å². The number of hydrogen-bond acceptors (Lipinski definition) is 16. The zero-order valence-electron chi connectivity index (χ0n) is 89.5. The molecular weight excluding hydrogens is 1790 g/mol. The van der Waals surface area contributed by atoms with Gasteiger partial charge in [0, 0.05) is 36.2 Å². The van der Waals surface area contributed by atoms with Crippen LogP contribution >= 0.6 is 47.0 Å². The first-order valence-corrected chi connectivity index (χ1v) is 60.7. The molecule has 138 heavy (non-hydrogen) atoms. The molecule has 6 aromatic carbocycles. The van der Waals surface area contributed by atoms with E-state index in [-0.39, 0.29) is 32.0 Å². The lowest BCUT2D eigenvalue weighted by atomic mass is 9.80. The van der Waals surface area contributed by atoms with Crippen LogP contribution in [0.2, 0.25) is 0 Å². The lowest BCUT2D eigenvalue weighted by Crippen LogP contribution is -2.37. The maximum Gasteiger partial charge on any atom is 0.143 e. The molecule has 0 saturated carbocycles. The summed E-state index contributed by atoms with van der Waals surface area (Å²) >= 11 is 7.56. The van der Waals surface area contributed by atoms with E-state index in [9.17, 15) is 10.2 Å². The molecule has 6 rings (SSSR count). The third-order valence-electron chi connectivity index (χ3n) is 26.2. The Morgan fingerprint density at radius 2 is 0.435 bits per heavy atom. The number of thioether (sulfide) groups is 4. The van der Waals surface area contributed by atoms with Crippen molar-refractivity contribution in [3.05, 3.63) is 191 Å². The van der Waals surface area contributed by atoms with E-state index >= 15 is 0 Å². The number of methoxy groups -OCH3 is 4. The molecule has 0 amide bonds. The summed E-state index contributed by atoms with van der Waals surface area (Å²) in [5.74, 6) is 11.0. The van der Waals surface area contributed by atoms with Crippen molar-refractivity contribution in [2.45, 2.75) is 437 Å². The second-order valence-electron chi connectivity index (χ2n) is 38.3. The van der Waals surface area contributed by atoms with Crippen LogP contribution in [0.15, 0.2) is 158 Å².